The molecule has 0 heterocycles. The molecular weight excluding hydrogens is 404 g/mol. The van der Waals surface area contributed by atoms with Gasteiger partial charge in [0.2, 0.25) is 0 Å². The van der Waals surface area contributed by atoms with Crippen molar-refractivity contribution in [1.29, 1.82) is 0 Å². The minimum Gasteiger partial charge on any atom is -0.493 e. The fourth-order valence-electron chi connectivity index (χ4n) is 2.68. The zero-order valence-corrected chi connectivity index (χ0v) is 19.7. The number of halogens is 2. The molecule has 2 rings (SSSR count). The third-order valence-electron chi connectivity index (χ3n) is 5.52. The van der Waals surface area contributed by atoms with Crippen LogP contribution < -0.4 is 15.2 Å². The Morgan fingerprint density at radius 2 is 1.73 bits per heavy atom. The van der Waals surface area contributed by atoms with Crippen molar-refractivity contribution in [2.24, 2.45) is 0 Å². The number of anilines is 1. The molecule has 0 bridgehead atoms. The number of benzene rings is 2. The van der Waals surface area contributed by atoms with E-state index in [0.717, 1.165) is 0 Å². The minimum absolute atomic E-state index is 0.0218. The lowest BCUT2D eigenvalue weighted by molar-refractivity contribution is 0.203. The van der Waals surface area contributed by atoms with Crippen molar-refractivity contribution in [3.63, 3.8) is 0 Å². The fourth-order valence-corrected chi connectivity index (χ4v) is 3.77. The third-order valence-corrected chi connectivity index (χ3v) is 10.1. The monoisotopic (exact) mass is 437 g/mol. The average molecular weight is 438 g/mol. The highest BCUT2D eigenvalue weighted by Gasteiger charge is 2.36. The second kappa shape index (κ2) is 9.79. The highest BCUT2D eigenvalue weighted by Crippen LogP contribution is 2.36. The second-order valence-electron chi connectivity index (χ2n) is 8.91. The molecule has 1 unspecified atom stereocenters. The minimum atomic E-state index is -1.80. The van der Waals surface area contributed by atoms with E-state index >= 15 is 0 Å². The van der Waals surface area contributed by atoms with Crippen LogP contribution >= 0.6 is 0 Å². The molecule has 30 heavy (non-hydrogen) atoms. The molecule has 0 saturated heterocycles. The zero-order chi connectivity index (χ0) is 22.5. The molecule has 4 nitrogen and oxygen atoms in total. The molecule has 166 valence electrons. The van der Waals surface area contributed by atoms with Crippen LogP contribution in [0.2, 0.25) is 18.1 Å². The van der Waals surface area contributed by atoms with Gasteiger partial charge in [0, 0.05) is 19.1 Å². The summed E-state index contributed by atoms with van der Waals surface area (Å²) in [5.41, 5.74) is 5.87. The molecule has 0 aliphatic rings. The smallest absolute Gasteiger partial charge is 0.191 e. The van der Waals surface area contributed by atoms with E-state index in [-0.39, 0.29) is 10.7 Å². The van der Waals surface area contributed by atoms with Crippen molar-refractivity contribution >= 4 is 14.0 Å². The Balaban J connectivity index is 1.99. The molecule has 0 amide bonds. The lowest BCUT2D eigenvalue weighted by Crippen LogP contribution is -2.41. The summed E-state index contributed by atoms with van der Waals surface area (Å²) < 4.78 is 45.7. The topological polar surface area (TPSA) is 53.7 Å². The number of nitrogens with two attached hydrogens (primary N) is 1. The van der Waals surface area contributed by atoms with Gasteiger partial charge in [-0.15, -0.1) is 0 Å². The maximum absolute atomic E-state index is 14.5. The molecule has 2 aromatic rings. The van der Waals surface area contributed by atoms with Crippen LogP contribution in [0.5, 0.6) is 11.5 Å². The number of hydrogen-bond acceptors (Lipinski definition) is 4. The van der Waals surface area contributed by atoms with Crippen LogP contribution in [-0.2, 0) is 4.43 Å². The molecule has 0 aromatic heterocycles. The molecule has 0 fully saturated rings. The van der Waals surface area contributed by atoms with Crippen molar-refractivity contribution in [3.8, 4) is 11.5 Å². The van der Waals surface area contributed by atoms with Gasteiger partial charge in [-0.05, 0) is 49.3 Å². The fraction of sp³-hybridized carbons (Fsp3) is 0.478. The normalized spacial score (nSPS) is 13.2. The van der Waals surface area contributed by atoms with Gasteiger partial charge in [0.05, 0.1) is 17.9 Å². The van der Waals surface area contributed by atoms with Gasteiger partial charge in [0.25, 0.3) is 0 Å². The molecule has 0 aliphatic heterocycles. The van der Waals surface area contributed by atoms with Gasteiger partial charge in [-0.1, -0.05) is 26.8 Å². The van der Waals surface area contributed by atoms with E-state index in [1.165, 1.54) is 24.3 Å². The largest absolute Gasteiger partial charge is 0.493 e. The number of hydrogen-bond donors (Lipinski definition) is 1. The summed E-state index contributed by atoms with van der Waals surface area (Å²) in [7, 11) is -1.80. The van der Waals surface area contributed by atoms with Crippen LogP contribution in [0.1, 0.15) is 45.8 Å². The third kappa shape index (κ3) is 6.19. The zero-order valence-electron chi connectivity index (χ0n) is 18.7. The molecule has 0 radical (unpaired) electrons. The quantitative estimate of drug-likeness (QED) is 0.277. The Bertz CT molecular complexity index is 853. The molecule has 2 aromatic carbocycles. The lowest BCUT2D eigenvalue weighted by Gasteiger charge is -2.36. The highest BCUT2D eigenvalue weighted by molar-refractivity contribution is 6.74. The summed E-state index contributed by atoms with van der Waals surface area (Å²) in [6, 6.07) is 8.74. The molecule has 0 spiro atoms. The summed E-state index contributed by atoms with van der Waals surface area (Å²) in [5.74, 6) is -0.166. The van der Waals surface area contributed by atoms with Gasteiger partial charge in [-0.2, -0.15) is 0 Å². The first-order valence-electron chi connectivity index (χ1n) is 10.2. The average Bonchev–Trinajstić information content (AvgIpc) is 2.63. The standard InChI is InChI=1S/C23H33F2NO3Si/c1-16(29-17-11-12-18(24)20(26)15-17)22-19(25)9-7-10-21(22)27-13-8-14-28-30(5,6)23(2,3)4/h7,9-12,15-16H,8,13-14,26H2,1-6H3. The van der Waals surface area contributed by atoms with Gasteiger partial charge in [-0.3, -0.25) is 0 Å². The Morgan fingerprint density at radius 1 is 1.03 bits per heavy atom. The Kier molecular flexibility index (Phi) is 7.88. The Morgan fingerprint density at radius 3 is 2.37 bits per heavy atom. The number of nitrogen functional groups attached to an aromatic ring is 1. The lowest BCUT2D eigenvalue weighted by atomic mass is 10.1. The van der Waals surface area contributed by atoms with Crippen molar-refractivity contribution in [2.45, 2.75) is 58.4 Å². The maximum Gasteiger partial charge on any atom is 0.191 e. The number of rotatable bonds is 9. The Hall–Kier alpha value is -2.12. The van der Waals surface area contributed by atoms with Crippen LogP contribution in [0.25, 0.3) is 0 Å². The van der Waals surface area contributed by atoms with Gasteiger partial charge >= 0.3 is 0 Å². The number of ether oxygens (including phenoxy) is 2. The molecule has 0 saturated carbocycles. The van der Waals surface area contributed by atoms with E-state index in [1.807, 2.05) is 0 Å². The first-order chi connectivity index (χ1) is 13.9. The highest BCUT2D eigenvalue weighted by atomic mass is 28.4. The summed E-state index contributed by atoms with van der Waals surface area (Å²) in [5, 5.41) is 0.153. The SMILES string of the molecule is CC(Oc1ccc(F)c(N)c1)c1c(F)cccc1OCCCO[Si](C)(C)C(C)(C)C. The summed E-state index contributed by atoms with van der Waals surface area (Å²) in [6.45, 7) is 13.7. The van der Waals surface area contributed by atoms with Crippen molar-refractivity contribution in [2.75, 3.05) is 18.9 Å². The van der Waals surface area contributed by atoms with Gasteiger partial charge in [0.15, 0.2) is 8.32 Å². The molecule has 1 atom stereocenters. The summed E-state index contributed by atoms with van der Waals surface area (Å²) in [4.78, 5) is 0. The van der Waals surface area contributed by atoms with E-state index in [9.17, 15) is 8.78 Å². The van der Waals surface area contributed by atoms with Crippen LogP contribution in [0.15, 0.2) is 36.4 Å². The summed E-state index contributed by atoms with van der Waals surface area (Å²) in [6.07, 6.45) is 0.0567. The van der Waals surface area contributed by atoms with E-state index in [0.29, 0.717) is 36.7 Å². The van der Waals surface area contributed by atoms with Gasteiger partial charge in [0.1, 0.15) is 29.2 Å². The first kappa shape index (κ1) is 24.1. The van der Waals surface area contributed by atoms with Crippen molar-refractivity contribution in [1.82, 2.24) is 0 Å². The van der Waals surface area contributed by atoms with E-state index in [2.05, 4.69) is 33.9 Å². The molecule has 2 N–H and O–H groups in total. The van der Waals surface area contributed by atoms with E-state index in [1.54, 1.807) is 19.1 Å². The van der Waals surface area contributed by atoms with Gasteiger partial charge in [-0.25, -0.2) is 8.78 Å². The molecule has 7 heteroatoms. The predicted molar refractivity (Wildman–Crippen MR) is 120 cm³/mol. The molecule has 0 aliphatic carbocycles. The van der Waals surface area contributed by atoms with E-state index < -0.39 is 26.1 Å². The van der Waals surface area contributed by atoms with E-state index in [4.69, 9.17) is 19.6 Å². The van der Waals surface area contributed by atoms with Crippen LogP contribution in [0.3, 0.4) is 0 Å². The van der Waals surface area contributed by atoms with Crippen LogP contribution in [-0.4, -0.2) is 21.5 Å². The molecular formula is C23H33F2NO3Si. The Labute approximate surface area is 179 Å². The van der Waals surface area contributed by atoms with Crippen LogP contribution in [0.4, 0.5) is 14.5 Å². The first-order valence-corrected chi connectivity index (χ1v) is 13.1. The van der Waals surface area contributed by atoms with Crippen LogP contribution in [0, 0.1) is 11.6 Å². The van der Waals surface area contributed by atoms with Crippen molar-refractivity contribution in [3.05, 3.63) is 53.6 Å². The van der Waals surface area contributed by atoms with Crippen molar-refractivity contribution < 1.29 is 22.7 Å². The maximum atomic E-state index is 14.5. The summed E-state index contributed by atoms with van der Waals surface area (Å²) >= 11 is 0. The predicted octanol–water partition coefficient (Wildman–Crippen LogP) is 6.48. The van der Waals surface area contributed by atoms with Gasteiger partial charge < -0.3 is 19.6 Å². The second-order valence-corrected chi connectivity index (χ2v) is 13.7.